The average Bonchev–Trinajstić information content (AvgIpc) is 2.69. The Balaban J connectivity index is 1.55. The molecule has 1 amide bonds. The van der Waals surface area contributed by atoms with Crippen molar-refractivity contribution in [3.63, 3.8) is 0 Å². The summed E-state index contributed by atoms with van der Waals surface area (Å²) in [7, 11) is -3.81. The first-order chi connectivity index (χ1) is 13.8. The topological polar surface area (TPSA) is 79.0 Å². The summed E-state index contributed by atoms with van der Waals surface area (Å²) >= 11 is 12.4. The van der Waals surface area contributed by atoms with E-state index >= 15 is 0 Å². The van der Waals surface area contributed by atoms with Crippen LogP contribution in [0.1, 0.15) is 5.56 Å². The molecule has 0 aliphatic carbocycles. The van der Waals surface area contributed by atoms with Crippen molar-refractivity contribution < 1.29 is 17.9 Å². The number of carbonyl (C=O) groups excluding carboxylic acids is 1. The zero-order valence-corrected chi connectivity index (χ0v) is 17.9. The van der Waals surface area contributed by atoms with E-state index in [0.29, 0.717) is 42.6 Å². The van der Waals surface area contributed by atoms with Crippen LogP contribution in [0, 0.1) is 6.92 Å². The standard InChI is InChI=1S/C19H19Cl2N3O4S/c1-12-2-3-13(20)8-16(12)23-4-6-24(7-5-23)29(26,27)18-10-17-15(9-14(18)21)22-19(25)11-28-17/h2-3,8-10H,4-7,11H2,1H3,(H,22,25). The van der Waals surface area contributed by atoms with Gasteiger partial charge in [-0.15, -0.1) is 0 Å². The van der Waals surface area contributed by atoms with Gasteiger partial charge in [0.2, 0.25) is 10.0 Å². The van der Waals surface area contributed by atoms with Crippen molar-refractivity contribution in [2.45, 2.75) is 11.8 Å². The monoisotopic (exact) mass is 455 g/mol. The quantitative estimate of drug-likeness (QED) is 0.768. The molecule has 2 aliphatic heterocycles. The molecule has 1 fully saturated rings. The molecule has 2 aromatic rings. The summed E-state index contributed by atoms with van der Waals surface area (Å²) in [6.45, 7) is 3.55. The minimum Gasteiger partial charge on any atom is -0.482 e. The lowest BCUT2D eigenvalue weighted by Gasteiger charge is -2.36. The molecule has 0 spiro atoms. The van der Waals surface area contributed by atoms with Crippen molar-refractivity contribution >= 4 is 50.5 Å². The number of benzene rings is 2. The van der Waals surface area contributed by atoms with Crippen LogP contribution in [-0.2, 0) is 14.8 Å². The fourth-order valence-corrected chi connectivity index (χ4v) is 5.62. The van der Waals surface area contributed by atoms with E-state index in [0.717, 1.165) is 11.3 Å². The highest BCUT2D eigenvalue weighted by molar-refractivity contribution is 7.89. The molecule has 2 heterocycles. The summed E-state index contributed by atoms with van der Waals surface area (Å²) in [5.41, 5.74) is 2.46. The van der Waals surface area contributed by atoms with E-state index < -0.39 is 10.0 Å². The number of sulfonamides is 1. The number of fused-ring (bicyclic) bond motifs is 1. The Kier molecular flexibility index (Phi) is 5.37. The molecule has 4 rings (SSSR count). The number of nitrogens with one attached hydrogen (secondary N) is 1. The fourth-order valence-electron chi connectivity index (χ4n) is 3.51. The predicted octanol–water partition coefficient (Wildman–Crippen LogP) is 3.14. The van der Waals surface area contributed by atoms with E-state index in [1.54, 1.807) is 0 Å². The molecule has 1 saturated heterocycles. The van der Waals surface area contributed by atoms with E-state index in [4.69, 9.17) is 27.9 Å². The van der Waals surface area contributed by atoms with Crippen molar-refractivity contribution in [1.29, 1.82) is 0 Å². The van der Waals surface area contributed by atoms with Gasteiger partial charge in [-0.25, -0.2) is 8.42 Å². The molecule has 7 nitrogen and oxygen atoms in total. The second kappa shape index (κ2) is 7.68. The van der Waals surface area contributed by atoms with Crippen molar-refractivity contribution in [3.8, 4) is 5.75 Å². The second-order valence-electron chi connectivity index (χ2n) is 6.94. The number of halogens is 2. The predicted molar refractivity (Wildman–Crippen MR) is 113 cm³/mol. The minimum atomic E-state index is -3.81. The van der Waals surface area contributed by atoms with Crippen LogP contribution in [-0.4, -0.2) is 51.4 Å². The van der Waals surface area contributed by atoms with Gasteiger partial charge in [0.15, 0.2) is 6.61 Å². The first-order valence-electron chi connectivity index (χ1n) is 9.03. The summed E-state index contributed by atoms with van der Waals surface area (Å²) in [5, 5.41) is 3.31. The normalized spacial score (nSPS) is 17.5. The molecule has 0 unspecified atom stereocenters. The first-order valence-corrected chi connectivity index (χ1v) is 11.2. The number of aryl methyl sites for hydroxylation is 1. The lowest BCUT2D eigenvalue weighted by molar-refractivity contribution is -0.118. The van der Waals surface area contributed by atoms with Gasteiger partial charge in [0.25, 0.3) is 5.91 Å². The van der Waals surface area contributed by atoms with Gasteiger partial charge in [0.1, 0.15) is 10.6 Å². The maximum Gasteiger partial charge on any atom is 0.262 e. The number of nitrogens with zero attached hydrogens (tertiary/aromatic N) is 2. The number of hydrogen-bond donors (Lipinski definition) is 1. The summed E-state index contributed by atoms with van der Waals surface area (Å²) in [6.07, 6.45) is 0. The van der Waals surface area contributed by atoms with Gasteiger partial charge in [-0.2, -0.15) is 4.31 Å². The number of amides is 1. The Bertz CT molecular complexity index is 1080. The zero-order valence-electron chi connectivity index (χ0n) is 15.6. The summed E-state index contributed by atoms with van der Waals surface area (Å²) in [5.74, 6) is -0.0163. The molecule has 29 heavy (non-hydrogen) atoms. The molecule has 154 valence electrons. The highest BCUT2D eigenvalue weighted by Gasteiger charge is 2.32. The Morgan fingerprint density at radius 3 is 2.52 bits per heavy atom. The summed E-state index contributed by atoms with van der Waals surface area (Å²) in [4.78, 5) is 13.5. The highest BCUT2D eigenvalue weighted by Crippen LogP contribution is 2.37. The number of piperazine rings is 1. The molecule has 2 aliphatic rings. The van der Waals surface area contributed by atoms with Crippen LogP contribution < -0.4 is 15.0 Å². The van der Waals surface area contributed by atoms with Crippen molar-refractivity contribution in [1.82, 2.24) is 4.31 Å². The molecule has 1 N–H and O–H groups in total. The molecule has 10 heteroatoms. The molecule has 0 bridgehead atoms. The maximum atomic E-state index is 13.2. The van der Waals surface area contributed by atoms with Gasteiger partial charge < -0.3 is 15.0 Å². The Hall–Kier alpha value is -2.00. The minimum absolute atomic E-state index is 0.0264. The third-order valence-corrected chi connectivity index (χ3v) is 7.63. The molecule has 0 aromatic heterocycles. The number of anilines is 2. The van der Waals surface area contributed by atoms with Crippen LogP contribution in [0.15, 0.2) is 35.2 Å². The maximum absolute atomic E-state index is 13.2. The van der Waals surface area contributed by atoms with Gasteiger partial charge in [-0.1, -0.05) is 29.3 Å². The van der Waals surface area contributed by atoms with E-state index in [1.165, 1.54) is 16.4 Å². The largest absolute Gasteiger partial charge is 0.482 e. The lowest BCUT2D eigenvalue weighted by Crippen LogP contribution is -2.48. The number of ether oxygens (including phenoxy) is 1. The molecule has 0 saturated carbocycles. The van der Waals surface area contributed by atoms with Gasteiger partial charge in [0.05, 0.1) is 10.7 Å². The van der Waals surface area contributed by atoms with Gasteiger partial charge in [-0.05, 0) is 30.7 Å². The lowest BCUT2D eigenvalue weighted by atomic mass is 10.1. The number of carbonyl (C=O) groups is 1. The second-order valence-corrected chi connectivity index (χ2v) is 9.69. The van der Waals surface area contributed by atoms with Crippen LogP contribution in [0.3, 0.4) is 0 Å². The summed E-state index contributed by atoms with van der Waals surface area (Å²) < 4.78 is 33.1. The van der Waals surface area contributed by atoms with E-state index in [9.17, 15) is 13.2 Å². The van der Waals surface area contributed by atoms with E-state index in [1.807, 2.05) is 25.1 Å². The Labute approximate surface area is 179 Å². The van der Waals surface area contributed by atoms with Crippen molar-refractivity contribution in [2.75, 3.05) is 43.0 Å². The average molecular weight is 456 g/mol. The highest BCUT2D eigenvalue weighted by atomic mass is 35.5. The van der Waals surface area contributed by atoms with Gasteiger partial charge >= 0.3 is 0 Å². The SMILES string of the molecule is Cc1ccc(Cl)cc1N1CCN(S(=O)(=O)c2cc3c(cc2Cl)NC(=O)CO3)CC1. The molecular formula is C19H19Cl2N3O4S. The third-order valence-electron chi connectivity index (χ3n) is 5.04. The summed E-state index contributed by atoms with van der Waals surface area (Å²) in [6, 6.07) is 8.47. The Morgan fingerprint density at radius 2 is 1.79 bits per heavy atom. The third kappa shape index (κ3) is 3.90. The molecule has 2 aromatic carbocycles. The zero-order chi connectivity index (χ0) is 20.8. The smallest absolute Gasteiger partial charge is 0.262 e. The van der Waals surface area contributed by atoms with Gasteiger partial charge in [-0.3, -0.25) is 4.79 Å². The molecule has 0 radical (unpaired) electrons. The van der Waals surface area contributed by atoms with Crippen LogP contribution in [0.2, 0.25) is 10.0 Å². The number of rotatable bonds is 3. The first kappa shape index (κ1) is 20.3. The molecule has 0 atom stereocenters. The van der Waals surface area contributed by atoms with Gasteiger partial charge in [0, 0.05) is 43.0 Å². The molecular weight excluding hydrogens is 437 g/mol. The van der Waals surface area contributed by atoms with Crippen LogP contribution in [0.5, 0.6) is 5.75 Å². The number of hydrogen-bond acceptors (Lipinski definition) is 5. The van der Waals surface area contributed by atoms with E-state index in [-0.39, 0.29) is 22.4 Å². The van der Waals surface area contributed by atoms with Crippen molar-refractivity contribution in [2.24, 2.45) is 0 Å². The van der Waals surface area contributed by atoms with E-state index in [2.05, 4.69) is 10.2 Å². The van der Waals surface area contributed by atoms with Crippen LogP contribution in [0.4, 0.5) is 11.4 Å². The Morgan fingerprint density at radius 1 is 1.07 bits per heavy atom. The fraction of sp³-hybridized carbons (Fsp3) is 0.316. The van der Waals surface area contributed by atoms with Crippen LogP contribution in [0.25, 0.3) is 0 Å². The van der Waals surface area contributed by atoms with Crippen molar-refractivity contribution in [3.05, 3.63) is 45.9 Å². The van der Waals surface area contributed by atoms with Crippen LogP contribution >= 0.6 is 23.2 Å².